The van der Waals surface area contributed by atoms with Crippen LogP contribution in [0.15, 0.2) is 0 Å². The predicted octanol–water partition coefficient (Wildman–Crippen LogP) is 26.9. The summed E-state index contributed by atoms with van der Waals surface area (Å²) >= 11 is 0. The maximum Gasteiger partial charge on any atom is 0.305 e. The van der Waals surface area contributed by atoms with Crippen molar-refractivity contribution in [2.45, 2.75) is 495 Å². The Kier molecular flexibility index (Phi) is 76.3. The van der Waals surface area contributed by atoms with E-state index in [2.05, 4.69) is 19.2 Å². The van der Waals surface area contributed by atoms with Gasteiger partial charge in [0.25, 0.3) is 0 Å². The van der Waals surface area contributed by atoms with Gasteiger partial charge in [-0.05, 0) is 25.7 Å². The van der Waals surface area contributed by atoms with Crippen LogP contribution in [0.5, 0.6) is 0 Å². The molecule has 6 nitrogen and oxygen atoms in total. The van der Waals surface area contributed by atoms with Crippen LogP contribution in [-0.2, 0) is 14.3 Å². The molecule has 0 fully saturated rings. The first kappa shape index (κ1) is 85.9. The summed E-state index contributed by atoms with van der Waals surface area (Å²) in [5, 5.41) is 23.5. The van der Waals surface area contributed by atoms with Gasteiger partial charge in [0, 0.05) is 12.8 Å². The third-order valence-corrected chi connectivity index (χ3v) is 19.7. The second-order valence-corrected chi connectivity index (χ2v) is 28.5. The highest BCUT2D eigenvalue weighted by atomic mass is 16.5. The van der Waals surface area contributed by atoms with Crippen molar-refractivity contribution in [2.24, 2.45) is 0 Å². The second kappa shape index (κ2) is 77.3. The Balaban J connectivity index is 3.33. The largest absolute Gasteiger partial charge is 0.466 e. The normalized spacial score (nSPS) is 12.4. The van der Waals surface area contributed by atoms with Crippen molar-refractivity contribution < 1.29 is 24.5 Å². The van der Waals surface area contributed by atoms with E-state index in [4.69, 9.17) is 4.74 Å². The number of carbonyl (C=O) groups excluding carboxylic acids is 2. The molecule has 0 aromatic rings. The lowest BCUT2D eigenvalue weighted by Crippen LogP contribution is -2.45. The number of aliphatic hydroxyl groups excluding tert-OH is 2. The van der Waals surface area contributed by atoms with Crippen LogP contribution in [0.3, 0.4) is 0 Å². The standard InChI is InChI=1S/C81H161NO5/c1-3-5-7-9-11-13-15-17-19-21-22-23-24-29-32-35-38-42-45-49-53-57-61-65-69-73-79(84)78(77-83)82-80(85)74-70-66-62-58-54-50-46-43-39-36-33-30-27-25-26-28-31-34-37-40-44-48-52-56-60-64-68-72-76-87-81(86)75-71-67-63-59-55-51-47-41-20-18-16-14-12-10-8-6-4-2/h78-79,83-84H,3-77H2,1-2H3,(H,82,85). The molecule has 2 unspecified atom stereocenters. The number of aliphatic hydroxyl groups is 2. The van der Waals surface area contributed by atoms with E-state index in [1.807, 2.05) is 0 Å². The number of hydrogen-bond donors (Lipinski definition) is 3. The van der Waals surface area contributed by atoms with Gasteiger partial charge in [-0.2, -0.15) is 0 Å². The summed E-state index contributed by atoms with van der Waals surface area (Å²) in [5.74, 6) is -0.000280. The van der Waals surface area contributed by atoms with Gasteiger partial charge < -0.3 is 20.3 Å². The summed E-state index contributed by atoms with van der Waals surface area (Å²) < 4.78 is 5.52. The van der Waals surface area contributed by atoms with E-state index in [0.29, 0.717) is 25.9 Å². The summed E-state index contributed by atoms with van der Waals surface area (Å²) in [6.07, 6.45) is 96.3. The van der Waals surface area contributed by atoms with E-state index in [1.54, 1.807) is 0 Å². The molecule has 0 saturated carbocycles. The number of rotatable bonds is 78. The number of carbonyl (C=O) groups is 2. The van der Waals surface area contributed by atoms with Crippen molar-refractivity contribution >= 4 is 11.9 Å². The van der Waals surface area contributed by atoms with Crippen LogP contribution in [0.1, 0.15) is 483 Å². The Bertz CT molecular complexity index is 1280. The fourth-order valence-electron chi connectivity index (χ4n) is 13.5. The first-order valence-corrected chi connectivity index (χ1v) is 40.8. The lowest BCUT2D eigenvalue weighted by molar-refractivity contribution is -0.143. The Hall–Kier alpha value is -1.14. The first-order valence-electron chi connectivity index (χ1n) is 40.8. The molecule has 87 heavy (non-hydrogen) atoms. The third kappa shape index (κ3) is 73.8. The summed E-state index contributed by atoms with van der Waals surface area (Å²) in [5.41, 5.74) is 0. The van der Waals surface area contributed by atoms with E-state index in [1.165, 1.54) is 411 Å². The van der Waals surface area contributed by atoms with Crippen molar-refractivity contribution in [1.82, 2.24) is 5.32 Å². The van der Waals surface area contributed by atoms with E-state index in [0.717, 1.165) is 38.5 Å². The molecule has 0 heterocycles. The molecule has 0 aromatic heterocycles. The van der Waals surface area contributed by atoms with Crippen LogP contribution < -0.4 is 5.32 Å². The zero-order valence-electron chi connectivity index (χ0n) is 59.8. The number of amides is 1. The minimum absolute atomic E-state index is 0.0246. The topological polar surface area (TPSA) is 95.9 Å². The molecular formula is C81H161NO5. The Morgan fingerprint density at radius 1 is 0.276 bits per heavy atom. The molecule has 520 valence electrons. The molecule has 0 rings (SSSR count). The maximum absolute atomic E-state index is 12.6. The van der Waals surface area contributed by atoms with Gasteiger partial charge in [0.15, 0.2) is 0 Å². The number of unbranched alkanes of at least 4 members (excludes halogenated alkanes) is 67. The van der Waals surface area contributed by atoms with Crippen molar-refractivity contribution in [3.05, 3.63) is 0 Å². The number of ether oxygens (including phenoxy) is 1. The van der Waals surface area contributed by atoms with E-state index in [-0.39, 0.29) is 18.5 Å². The van der Waals surface area contributed by atoms with Gasteiger partial charge >= 0.3 is 5.97 Å². The van der Waals surface area contributed by atoms with Crippen LogP contribution >= 0.6 is 0 Å². The molecule has 0 aliphatic rings. The number of nitrogens with one attached hydrogen (secondary N) is 1. The van der Waals surface area contributed by atoms with Crippen LogP contribution in [-0.4, -0.2) is 47.4 Å². The molecule has 0 radical (unpaired) electrons. The lowest BCUT2D eigenvalue weighted by Gasteiger charge is -2.22. The highest BCUT2D eigenvalue weighted by Crippen LogP contribution is 2.21. The predicted molar refractivity (Wildman–Crippen MR) is 384 cm³/mol. The first-order chi connectivity index (χ1) is 43.0. The molecule has 1 amide bonds. The zero-order chi connectivity index (χ0) is 62.8. The smallest absolute Gasteiger partial charge is 0.305 e. The molecule has 6 heteroatoms. The zero-order valence-corrected chi connectivity index (χ0v) is 59.8. The van der Waals surface area contributed by atoms with E-state index < -0.39 is 12.1 Å². The van der Waals surface area contributed by atoms with Crippen molar-refractivity contribution in [1.29, 1.82) is 0 Å². The number of esters is 1. The van der Waals surface area contributed by atoms with Crippen molar-refractivity contribution in [3.63, 3.8) is 0 Å². The van der Waals surface area contributed by atoms with Crippen molar-refractivity contribution in [3.8, 4) is 0 Å². The Morgan fingerprint density at radius 3 is 0.701 bits per heavy atom. The summed E-state index contributed by atoms with van der Waals surface area (Å²) in [4.78, 5) is 24.7. The van der Waals surface area contributed by atoms with Crippen molar-refractivity contribution in [2.75, 3.05) is 13.2 Å². The molecule has 0 aliphatic carbocycles. The summed E-state index contributed by atoms with van der Waals surface area (Å²) in [7, 11) is 0. The SMILES string of the molecule is CCCCCCCCCCCCCCCCCCCCCCCCCCCC(O)C(CO)NC(=O)CCCCCCCCCCCCCCCCCCCCCCCCCCCCCCOC(=O)CCCCCCCCCCCCCCCCCCC. The monoisotopic (exact) mass is 1230 g/mol. The minimum atomic E-state index is -0.663. The van der Waals surface area contributed by atoms with Gasteiger partial charge in [0.2, 0.25) is 5.91 Å². The summed E-state index contributed by atoms with van der Waals surface area (Å²) in [6, 6.07) is -0.540. The molecule has 0 bridgehead atoms. The molecule has 0 aliphatic heterocycles. The highest BCUT2D eigenvalue weighted by Gasteiger charge is 2.20. The van der Waals surface area contributed by atoms with Crippen LogP contribution in [0.2, 0.25) is 0 Å². The van der Waals surface area contributed by atoms with Gasteiger partial charge in [-0.3, -0.25) is 9.59 Å². The molecule has 3 N–H and O–H groups in total. The van der Waals surface area contributed by atoms with Gasteiger partial charge in [0.05, 0.1) is 25.4 Å². The fourth-order valence-corrected chi connectivity index (χ4v) is 13.5. The Labute approximate surface area is 547 Å². The molecule has 0 spiro atoms. The van der Waals surface area contributed by atoms with Crippen LogP contribution in [0.4, 0.5) is 0 Å². The van der Waals surface area contributed by atoms with Crippen LogP contribution in [0, 0.1) is 0 Å². The molecular weight excluding hydrogens is 1070 g/mol. The quantitative estimate of drug-likeness (QED) is 0.0417. The van der Waals surface area contributed by atoms with E-state index in [9.17, 15) is 19.8 Å². The summed E-state index contributed by atoms with van der Waals surface area (Å²) in [6.45, 7) is 5.02. The average Bonchev–Trinajstić information content (AvgIpc) is 3.58. The molecule has 0 saturated heterocycles. The second-order valence-electron chi connectivity index (χ2n) is 28.5. The molecule has 0 aromatic carbocycles. The van der Waals surface area contributed by atoms with Gasteiger partial charge in [-0.25, -0.2) is 0 Å². The van der Waals surface area contributed by atoms with Gasteiger partial charge in [0.1, 0.15) is 0 Å². The highest BCUT2D eigenvalue weighted by molar-refractivity contribution is 5.76. The van der Waals surface area contributed by atoms with E-state index >= 15 is 0 Å². The number of hydrogen-bond acceptors (Lipinski definition) is 5. The van der Waals surface area contributed by atoms with Gasteiger partial charge in [-0.1, -0.05) is 444 Å². The molecule has 2 atom stereocenters. The Morgan fingerprint density at radius 2 is 0.471 bits per heavy atom. The average molecular weight is 1230 g/mol. The minimum Gasteiger partial charge on any atom is -0.466 e. The van der Waals surface area contributed by atoms with Gasteiger partial charge in [-0.15, -0.1) is 0 Å². The lowest BCUT2D eigenvalue weighted by atomic mass is 10.0. The maximum atomic E-state index is 12.6. The van der Waals surface area contributed by atoms with Crippen LogP contribution in [0.25, 0.3) is 0 Å². The fraction of sp³-hybridized carbons (Fsp3) is 0.975. The third-order valence-electron chi connectivity index (χ3n) is 19.7.